The molecule has 0 aliphatic carbocycles. The van der Waals surface area contributed by atoms with E-state index in [0.29, 0.717) is 38.3 Å². The highest BCUT2D eigenvalue weighted by atomic mass is 16.5. The van der Waals surface area contributed by atoms with E-state index in [1.807, 2.05) is 74.2 Å². The molecule has 36 heavy (non-hydrogen) atoms. The molecule has 0 bridgehead atoms. The molecule has 8 nitrogen and oxygen atoms in total. The normalized spacial score (nSPS) is 13.6. The van der Waals surface area contributed by atoms with Crippen molar-refractivity contribution in [3.63, 3.8) is 0 Å². The number of aryl methyl sites for hydroxylation is 1. The summed E-state index contributed by atoms with van der Waals surface area (Å²) in [6.07, 6.45) is 0.398. The first-order valence-corrected chi connectivity index (χ1v) is 12.5. The zero-order valence-corrected chi connectivity index (χ0v) is 21.8. The predicted molar refractivity (Wildman–Crippen MR) is 142 cm³/mol. The number of carbonyl (C=O) groups excluding carboxylic acids is 3. The zero-order chi connectivity index (χ0) is 26.1. The number of piperazine rings is 1. The van der Waals surface area contributed by atoms with Crippen LogP contribution in [0.15, 0.2) is 48.5 Å². The summed E-state index contributed by atoms with van der Waals surface area (Å²) in [7, 11) is 1.58. The van der Waals surface area contributed by atoms with Crippen LogP contribution in [0.3, 0.4) is 0 Å². The summed E-state index contributed by atoms with van der Waals surface area (Å²) in [5.74, 6) is 0.00612. The third-order valence-corrected chi connectivity index (χ3v) is 6.22. The lowest BCUT2D eigenvalue weighted by Gasteiger charge is -2.36. The van der Waals surface area contributed by atoms with Crippen molar-refractivity contribution in [2.45, 2.75) is 27.2 Å². The SMILES string of the molecule is COCCN(CC(=O)Nc1ccc(N2CCN(C(=O)c3ccc(C)cc3)CC2)cc1)C(=O)CC(C)C. The minimum absolute atomic E-state index is 0.00631. The molecule has 1 aliphatic heterocycles. The van der Waals surface area contributed by atoms with Gasteiger partial charge in [-0.25, -0.2) is 0 Å². The minimum Gasteiger partial charge on any atom is -0.383 e. The lowest BCUT2D eigenvalue weighted by atomic mass is 10.1. The summed E-state index contributed by atoms with van der Waals surface area (Å²) in [5, 5.41) is 2.89. The average molecular weight is 495 g/mol. The molecule has 1 heterocycles. The number of benzene rings is 2. The Morgan fingerprint density at radius 2 is 1.61 bits per heavy atom. The number of methoxy groups -OCH3 is 1. The molecule has 1 saturated heterocycles. The van der Waals surface area contributed by atoms with Crippen LogP contribution in [0.1, 0.15) is 36.2 Å². The van der Waals surface area contributed by atoms with Gasteiger partial charge in [0.1, 0.15) is 0 Å². The number of ether oxygens (including phenoxy) is 1. The van der Waals surface area contributed by atoms with Gasteiger partial charge in [0.25, 0.3) is 5.91 Å². The van der Waals surface area contributed by atoms with Crippen LogP contribution in [-0.2, 0) is 14.3 Å². The molecule has 3 rings (SSSR count). The van der Waals surface area contributed by atoms with Crippen LogP contribution in [0.2, 0.25) is 0 Å². The maximum Gasteiger partial charge on any atom is 0.253 e. The Kier molecular flexibility index (Phi) is 9.87. The van der Waals surface area contributed by atoms with Gasteiger partial charge in [0.15, 0.2) is 0 Å². The van der Waals surface area contributed by atoms with Crippen LogP contribution in [-0.4, -0.2) is 80.5 Å². The van der Waals surface area contributed by atoms with E-state index in [0.717, 1.165) is 29.9 Å². The Balaban J connectivity index is 1.51. The molecule has 1 N–H and O–H groups in total. The summed E-state index contributed by atoms with van der Waals surface area (Å²) >= 11 is 0. The van der Waals surface area contributed by atoms with Gasteiger partial charge < -0.3 is 24.8 Å². The second kappa shape index (κ2) is 13.1. The van der Waals surface area contributed by atoms with E-state index in [1.54, 1.807) is 12.0 Å². The first-order valence-electron chi connectivity index (χ1n) is 12.5. The molecule has 1 aliphatic rings. The quantitative estimate of drug-likeness (QED) is 0.547. The number of anilines is 2. The molecule has 0 aromatic heterocycles. The Morgan fingerprint density at radius 1 is 0.972 bits per heavy atom. The lowest BCUT2D eigenvalue weighted by molar-refractivity contribution is -0.136. The Morgan fingerprint density at radius 3 is 2.19 bits per heavy atom. The number of rotatable bonds is 10. The summed E-state index contributed by atoms with van der Waals surface area (Å²) < 4.78 is 5.09. The highest BCUT2D eigenvalue weighted by molar-refractivity contribution is 5.95. The third-order valence-electron chi connectivity index (χ3n) is 6.22. The van der Waals surface area contributed by atoms with Crippen LogP contribution in [0.5, 0.6) is 0 Å². The largest absolute Gasteiger partial charge is 0.383 e. The number of hydrogen-bond acceptors (Lipinski definition) is 5. The van der Waals surface area contributed by atoms with Crippen molar-refractivity contribution in [3.05, 3.63) is 59.7 Å². The smallest absolute Gasteiger partial charge is 0.253 e. The van der Waals surface area contributed by atoms with Gasteiger partial charge >= 0.3 is 0 Å². The summed E-state index contributed by atoms with van der Waals surface area (Å²) in [5.41, 5.74) is 3.59. The average Bonchev–Trinajstić information content (AvgIpc) is 2.86. The van der Waals surface area contributed by atoms with Gasteiger partial charge in [-0.05, 0) is 49.2 Å². The first kappa shape index (κ1) is 27.2. The standard InChI is InChI=1S/C28H38N4O4/c1-21(2)19-27(34)32(17-18-36-4)20-26(33)29-24-9-11-25(12-10-24)30-13-15-31(16-14-30)28(35)23-7-5-22(3)6-8-23/h5-12,21H,13-20H2,1-4H3,(H,29,33). The van der Waals surface area contributed by atoms with Crippen molar-refractivity contribution < 1.29 is 19.1 Å². The van der Waals surface area contributed by atoms with Crippen LogP contribution in [0, 0.1) is 12.8 Å². The van der Waals surface area contributed by atoms with E-state index in [-0.39, 0.29) is 30.2 Å². The third kappa shape index (κ3) is 7.81. The zero-order valence-electron chi connectivity index (χ0n) is 21.8. The molecular weight excluding hydrogens is 456 g/mol. The lowest BCUT2D eigenvalue weighted by Crippen LogP contribution is -2.48. The topological polar surface area (TPSA) is 82.2 Å². The van der Waals surface area contributed by atoms with Gasteiger partial charge in [-0.2, -0.15) is 0 Å². The highest BCUT2D eigenvalue weighted by Crippen LogP contribution is 2.20. The van der Waals surface area contributed by atoms with E-state index in [1.165, 1.54) is 0 Å². The maximum absolute atomic E-state index is 12.8. The number of nitrogens with one attached hydrogen (secondary N) is 1. The second-order valence-corrected chi connectivity index (χ2v) is 9.65. The molecule has 0 unspecified atom stereocenters. The van der Waals surface area contributed by atoms with Crippen molar-refractivity contribution >= 4 is 29.1 Å². The molecule has 0 spiro atoms. The summed E-state index contributed by atoms with van der Waals surface area (Å²) in [6.45, 7) is 9.54. The Hall–Kier alpha value is -3.39. The van der Waals surface area contributed by atoms with Gasteiger partial charge in [-0.1, -0.05) is 31.5 Å². The first-order chi connectivity index (χ1) is 17.3. The fourth-order valence-electron chi connectivity index (χ4n) is 4.15. The Labute approximate surface area is 214 Å². The fourth-order valence-corrected chi connectivity index (χ4v) is 4.15. The Bertz CT molecular complexity index is 1010. The van der Waals surface area contributed by atoms with E-state index in [9.17, 15) is 14.4 Å². The number of nitrogens with zero attached hydrogens (tertiary/aromatic N) is 3. The van der Waals surface area contributed by atoms with Crippen LogP contribution >= 0.6 is 0 Å². The van der Waals surface area contributed by atoms with Crippen LogP contribution < -0.4 is 10.2 Å². The van der Waals surface area contributed by atoms with E-state index >= 15 is 0 Å². The van der Waals surface area contributed by atoms with E-state index in [2.05, 4.69) is 10.2 Å². The minimum atomic E-state index is -0.237. The van der Waals surface area contributed by atoms with Crippen LogP contribution in [0.25, 0.3) is 0 Å². The monoisotopic (exact) mass is 494 g/mol. The number of hydrogen-bond donors (Lipinski definition) is 1. The number of carbonyl (C=O) groups is 3. The van der Waals surface area contributed by atoms with Crippen molar-refractivity contribution in [2.24, 2.45) is 5.92 Å². The summed E-state index contributed by atoms with van der Waals surface area (Å²) in [4.78, 5) is 43.5. The highest BCUT2D eigenvalue weighted by Gasteiger charge is 2.22. The molecule has 194 valence electrons. The molecule has 0 atom stereocenters. The maximum atomic E-state index is 12.8. The van der Waals surface area contributed by atoms with Crippen LogP contribution in [0.4, 0.5) is 11.4 Å². The van der Waals surface area contributed by atoms with Gasteiger partial charge in [-0.3, -0.25) is 14.4 Å². The second-order valence-electron chi connectivity index (χ2n) is 9.65. The number of amides is 3. The predicted octanol–water partition coefficient (Wildman–Crippen LogP) is 3.42. The molecule has 0 radical (unpaired) electrons. The summed E-state index contributed by atoms with van der Waals surface area (Å²) in [6, 6.07) is 15.4. The van der Waals surface area contributed by atoms with Gasteiger partial charge in [0, 0.05) is 63.2 Å². The van der Waals surface area contributed by atoms with E-state index in [4.69, 9.17) is 4.74 Å². The van der Waals surface area contributed by atoms with Crippen molar-refractivity contribution in [1.29, 1.82) is 0 Å². The van der Waals surface area contributed by atoms with Crippen molar-refractivity contribution in [2.75, 3.05) is 63.2 Å². The molecule has 8 heteroatoms. The molecule has 2 aromatic rings. The molecule has 1 fully saturated rings. The van der Waals surface area contributed by atoms with Gasteiger partial charge in [-0.15, -0.1) is 0 Å². The molecular formula is C28H38N4O4. The van der Waals surface area contributed by atoms with E-state index < -0.39 is 0 Å². The molecule has 3 amide bonds. The van der Waals surface area contributed by atoms with Crippen molar-refractivity contribution in [1.82, 2.24) is 9.80 Å². The van der Waals surface area contributed by atoms with Gasteiger partial charge in [0.05, 0.1) is 13.2 Å². The van der Waals surface area contributed by atoms with Crippen molar-refractivity contribution in [3.8, 4) is 0 Å². The molecule has 2 aromatic carbocycles. The molecule has 0 saturated carbocycles. The van der Waals surface area contributed by atoms with Gasteiger partial charge in [0.2, 0.25) is 11.8 Å². The fraction of sp³-hybridized carbons (Fsp3) is 0.464.